The smallest absolute Gasteiger partial charge is 0.0454 e. The van der Waals surface area contributed by atoms with E-state index in [1.54, 1.807) is 0 Å². The summed E-state index contributed by atoms with van der Waals surface area (Å²) in [7, 11) is 0. The van der Waals surface area contributed by atoms with Gasteiger partial charge in [0.1, 0.15) is 0 Å². The van der Waals surface area contributed by atoms with Gasteiger partial charge in [-0.3, -0.25) is 0 Å². The molecule has 1 heterocycles. The number of rotatable bonds is 6. The molecule has 1 aromatic heterocycles. The van der Waals surface area contributed by atoms with Crippen molar-refractivity contribution in [2.75, 3.05) is 5.32 Å². The fourth-order valence-corrected chi connectivity index (χ4v) is 2.59. The Balaban J connectivity index is 1.61. The zero-order chi connectivity index (χ0) is 14.5. The molecule has 2 heteroatoms. The van der Waals surface area contributed by atoms with E-state index in [9.17, 15) is 0 Å². The van der Waals surface area contributed by atoms with Crippen LogP contribution in [0.1, 0.15) is 30.9 Å². The van der Waals surface area contributed by atoms with Crippen LogP contribution in [0.3, 0.4) is 0 Å². The molecule has 3 rings (SSSR count). The largest absolute Gasteiger partial charge is 0.381 e. The van der Waals surface area contributed by atoms with Gasteiger partial charge in [0.05, 0.1) is 0 Å². The zero-order valence-corrected chi connectivity index (χ0v) is 12.5. The first-order valence-electron chi connectivity index (χ1n) is 7.74. The molecule has 108 valence electrons. The maximum absolute atomic E-state index is 3.49. The van der Waals surface area contributed by atoms with Crippen LogP contribution < -0.4 is 5.32 Å². The lowest BCUT2D eigenvalue weighted by atomic mass is 10.1. The molecule has 0 fully saturated rings. The van der Waals surface area contributed by atoms with E-state index in [1.165, 1.54) is 47.0 Å². The highest BCUT2D eigenvalue weighted by Gasteiger charge is 1.98. The lowest BCUT2D eigenvalue weighted by Crippen LogP contribution is -1.99. The van der Waals surface area contributed by atoms with Crippen LogP contribution in [-0.4, -0.2) is 4.98 Å². The third-order valence-electron chi connectivity index (χ3n) is 3.89. The van der Waals surface area contributed by atoms with Crippen LogP contribution >= 0.6 is 0 Å². The number of aromatic nitrogens is 1. The second-order valence-corrected chi connectivity index (χ2v) is 5.55. The highest BCUT2D eigenvalue weighted by Crippen LogP contribution is 2.16. The minimum absolute atomic E-state index is 0.857. The van der Waals surface area contributed by atoms with E-state index < -0.39 is 0 Å². The van der Waals surface area contributed by atoms with Crippen LogP contribution in [0.2, 0.25) is 0 Å². The fourth-order valence-electron chi connectivity index (χ4n) is 2.59. The molecule has 3 aromatic rings. The third kappa shape index (κ3) is 3.46. The summed E-state index contributed by atoms with van der Waals surface area (Å²) in [4.78, 5) is 3.22. The van der Waals surface area contributed by atoms with Crippen molar-refractivity contribution in [3.05, 3.63) is 65.9 Å². The van der Waals surface area contributed by atoms with Gasteiger partial charge in [-0.05, 0) is 59.7 Å². The molecule has 0 aliphatic carbocycles. The quantitative estimate of drug-likeness (QED) is 0.643. The van der Waals surface area contributed by atoms with Gasteiger partial charge in [0.2, 0.25) is 0 Å². The average molecular weight is 278 g/mol. The zero-order valence-electron chi connectivity index (χ0n) is 12.5. The number of benzene rings is 2. The molecular formula is C19H22N2. The minimum Gasteiger partial charge on any atom is -0.381 e. The molecule has 0 spiro atoms. The van der Waals surface area contributed by atoms with Crippen LogP contribution in [0.4, 0.5) is 5.69 Å². The first-order valence-corrected chi connectivity index (χ1v) is 7.74. The number of hydrogen-bond acceptors (Lipinski definition) is 1. The second-order valence-electron chi connectivity index (χ2n) is 5.55. The molecule has 0 aliphatic heterocycles. The van der Waals surface area contributed by atoms with E-state index in [4.69, 9.17) is 0 Å². The predicted molar refractivity (Wildman–Crippen MR) is 90.7 cm³/mol. The minimum atomic E-state index is 0.857. The number of aryl methyl sites for hydroxylation is 1. The molecule has 2 aromatic carbocycles. The Kier molecular flexibility index (Phi) is 4.25. The summed E-state index contributed by atoms with van der Waals surface area (Å²) in [5.74, 6) is 0. The van der Waals surface area contributed by atoms with Crippen molar-refractivity contribution >= 4 is 16.6 Å². The van der Waals surface area contributed by atoms with Crippen LogP contribution in [0.25, 0.3) is 10.9 Å². The average Bonchev–Trinajstić information content (AvgIpc) is 2.99. The molecule has 0 amide bonds. The van der Waals surface area contributed by atoms with E-state index in [-0.39, 0.29) is 0 Å². The topological polar surface area (TPSA) is 27.8 Å². The summed E-state index contributed by atoms with van der Waals surface area (Å²) in [6.45, 7) is 3.09. The summed E-state index contributed by atoms with van der Waals surface area (Å²) >= 11 is 0. The summed E-state index contributed by atoms with van der Waals surface area (Å²) < 4.78 is 0. The Morgan fingerprint density at radius 1 is 0.952 bits per heavy atom. The van der Waals surface area contributed by atoms with E-state index in [0.717, 1.165) is 6.54 Å². The van der Waals surface area contributed by atoms with E-state index >= 15 is 0 Å². The van der Waals surface area contributed by atoms with Gasteiger partial charge in [-0.15, -0.1) is 0 Å². The molecule has 21 heavy (non-hydrogen) atoms. The number of anilines is 1. The van der Waals surface area contributed by atoms with Gasteiger partial charge in [0, 0.05) is 23.9 Å². The SMILES string of the molecule is CCCCc1ccc(NCc2ccc3[nH]ccc3c2)cc1. The second kappa shape index (κ2) is 6.49. The summed E-state index contributed by atoms with van der Waals surface area (Å²) in [5, 5.41) is 4.76. The van der Waals surface area contributed by atoms with Crippen LogP contribution in [0.15, 0.2) is 54.7 Å². The molecule has 0 unspecified atom stereocenters. The lowest BCUT2D eigenvalue weighted by molar-refractivity contribution is 0.795. The fraction of sp³-hybridized carbons (Fsp3) is 0.263. The molecule has 2 N–H and O–H groups in total. The van der Waals surface area contributed by atoms with Gasteiger partial charge >= 0.3 is 0 Å². The Hall–Kier alpha value is -2.22. The van der Waals surface area contributed by atoms with Gasteiger partial charge in [-0.2, -0.15) is 0 Å². The van der Waals surface area contributed by atoms with E-state index in [1.807, 2.05) is 6.20 Å². The standard InChI is InChI=1S/C19H22N2/c1-2-3-4-15-5-8-18(9-6-15)21-14-16-7-10-19-17(13-16)11-12-20-19/h5-13,20-21H,2-4,14H2,1H3. The monoisotopic (exact) mass is 278 g/mol. The van der Waals surface area contributed by atoms with Crippen molar-refractivity contribution in [2.24, 2.45) is 0 Å². The van der Waals surface area contributed by atoms with Gasteiger partial charge < -0.3 is 10.3 Å². The van der Waals surface area contributed by atoms with Crippen molar-refractivity contribution in [3.8, 4) is 0 Å². The number of unbranched alkanes of at least 4 members (excludes halogenated alkanes) is 1. The predicted octanol–water partition coefficient (Wildman–Crippen LogP) is 5.12. The summed E-state index contributed by atoms with van der Waals surface area (Å²) in [6.07, 6.45) is 5.68. The number of aromatic amines is 1. The lowest BCUT2D eigenvalue weighted by Gasteiger charge is -2.08. The van der Waals surface area contributed by atoms with E-state index in [0.29, 0.717) is 0 Å². The normalized spacial score (nSPS) is 10.9. The molecule has 0 saturated carbocycles. The Morgan fingerprint density at radius 2 is 1.76 bits per heavy atom. The third-order valence-corrected chi connectivity index (χ3v) is 3.89. The molecule has 0 bridgehead atoms. The van der Waals surface area contributed by atoms with E-state index in [2.05, 4.69) is 65.8 Å². The van der Waals surface area contributed by atoms with Crippen molar-refractivity contribution in [3.63, 3.8) is 0 Å². The summed E-state index contributed by atoms with van der Waals surface area (Å²) in [5.41, 5.74) is 5.11. The Bertz CT molecular complexity index is 695. The van der Waals surface area contributed by atoms with Gasteiger partial charge in [-0.25, -0.2) is 0 Å². The highest BCUT2D eigenvalue weighted by atomic mass is 14.9. The number of nitrogens with one attached hydrogen (secondary N) is 2. The van der Waals surface area contributed by atoms with Gasteiger partial charge in [0.15, 0.2) is 0 Å². The van der Waals surface area contributed by atoms with Crippen LogP contribution in [0.5, 0.6) is 0 Å². The molecule has 0 aliphatic rings. The molecular weight excluding hydrogens is 256 g/mol. The first kappa shape index (κ1) is 13.7. The number of H-pyrrole nitrogens is 1. The van der Waals surface area contributed by atoms with Gasteiger partial charge in [0.25, 0.3) is 0 Å². The molecule has 0 saturated heterocycles. The van der Waals surface area contributed by atoms with Crippen molar-refractivity contribution < 1.29 is 0 Å². The molecule has 0 radical (unpaired) electrons. The highest BCUT2D eigenvalue weighted by molar-refractivity contribution is 5.79. The molecule has 0 atom stereocenters. The summed E-state index contributed by atoms with van der Waals surface area (Å²) in [6, 6.07) is 17.5. The Labute approximate surface area is 126 Å². The van der Waals surface area contributed by atoms with Crippen LogP contribution in [-0.2, 0) is 13.0 Å². The van der Waals surface area contributed by atoms with Gasteiger partial charge in [-0.1, -0.05) is 31.5 Å². The van der Waals surface area contributed by atoms with Crippen molar-refractivity contribution in [1.29, 1.82) is 0 Å². The maximum Gasteiger partial charge on any atom is 0.0454 e. The van der Waals surface area contributed by atoms with Crippen LogP contribution in [0, 0.1) is 0 Å². The number of hydrogen-bond donors (Lipinski definition) is 2. The first-order chi connectivity index (χ1) is 10.3. The Morgan fingerprint density at radius 3 is 2.57 bits per heavy atom. The maximum atomic E-state index is 3.49. The van der Waals surface area contributed by atoms with Crippen molar-refractivity contribution in [2.45, 2.75) is 32.7 Å². The number of fused-ring (bicyclic) bond motifs is 1. The molecule has 2 nitrogen and oxygen atoms in total. The van der Waals surface area contributed by atoms with Crippen molar-refractivity contribution in [1.82, 2.24) is 4.98 Å².